The molecular weight excluding hydrogens is 216 g/mol. The van der Waals surface area contributed by atoms with Crippen LogP contribution >= 0.6 is 11.3 Å². The third kappa shape index (κ3) is 4.26. The van der Waals surface area contributed by atoms with Crippen LogP contribution in [0, 0.1) is 0 Å². The molecule has 5 nitrogen and oxygen atoms in total. The van der Waals surface area contributed by atoms with E-state index in [2.05, 4.69) is 10.3 Å². The molecule has 0 fully saturated rings. The summed E-state index contributed by atoms with van der Waals surface area (Å²) in [6.45, 7) is 2.61. The largest absolute Gasteiger partial charge is 0.481 e. The number of aliphatic carboxylic acids is 1. The molecule has 0 saturated heterocycles. The highest BCUT2D eigenvalue weighted by molar-refractivity contribution is 7.13. The maximum Gasteiger partial charge on any atom is 0.309 e. The van der Waals surface area contributed by atoms with Gasteiger partial charge >= 0.3 is 5.97 Å². The number of anilines is 1. The Morgan fingerprint density at radius 2 is 2.53 bits per heavy atom. The second-order valence-electron chi connectivity index (χ2n) is 3.14. The minimum Gasteiger partial charge on any atom is -0.481 e. The smallest absolute Gasteiger partial charge is 0.309 e. The summed E-state index contributed by atoms with van der Waals surface area (Å²) in [5.74, 6) is -0.864. The van der Waals surface area contributed by atoms with Gasteiger partial charge in [-0.25, -0.2) is 4.98 Å². The summed E-state index contributed by atoms with van der Waals surface area (Å²) in [6.07, 6.45) is 0.0784. The first-order valence-corrected chi connectivity index (χ1v) is 5.42. The summed E-state index contributed by atoms with van der Waals surface area (Å²) in [7, 11) is 1.64. The van der Waals surface area contributed by atoms with E-state index in [-0.39, 0.29) is 12.5 Å². The van der Waals surface area contributed by atoms with Gasteiger partial charge in [0.25, 0.3) is 0 Å². The molecule has 0 aliphatic heterocycles. The van der Waals surface area contributed by atoms with Crippen molar-refractivity contribution in [2.75, 3.05) is 19.0 Å². The van der Waals surface area contributed by atoms with E-state index in [9.17, 15) is 4.79 Å². The summed E-state index contributed by atoms with van der Waals surface area (Å²) >= 11 is 1.40. The lowest BCUT2D eigenvalue weighted by atomic mass is 10.3. The van der Waals surface area contributed by atoms with E-state index in [1.807, 2.05) is 6.92 Å². The van der Waals surface area contributed by atoms with Crippen molar-refractivity contribution in [2.45, 2.75) is 19.4 Å². The van der Waals surface area contributed by atoms with Crippen LogP contribution in [0.5, 0.6) is 0 Å². The van der Waals surface area contributed by atoms with Crippen LogP contribution in [0.25, 0.3) is 0 Å². The van der Waals surface area contributed by atoms with Crippen LogP contribution in [0.3, 0.4) is 0 Å². The Kier molecular flexibility index (Phi) is 4.51. The van der Waals surface area contributed by atoms with Gasteiger partial charge in [-0.3, -0.25) is 4.79 Å². The molecule has 1 aromatic heterocycles. The summed E-state index contributed by atoms with van der Waals surface area (Å²) in [5.41, 5.74) is 0.583. The number of carbonyl (C=O) groups is 1. The monoisotopic (exact) mass is 230 g/mol. The maximum atomic E-state index is 10.4. The molecule has 15 heavy (non-hydrogen) atoms. The van der Waals surface area contributed by atoms with E-state index in [0.29, 0.717) is 12.2 Å². The van der Waals surface area contributed by atoms with E-state index in [4.69, 9.17) is 9.84 Å². The van der Waals surface area contributed by atoms with E-state index >= 15 is 0 Å². The van der Waals surface area contributed by atoms with E-state index in [1.165, 1.54) is 11.3 Å². The number of aromatic nitrogens is 1. The Labute approximate surface area is 92.1 Å². The molecule has 0 bridgehead atoms. The molecule has 1 aromatic rings. The van der Waals surface area contributed by atoms with Gasteiger partial charge in [0.15, 0.2) is 5.13 Å². The zero-order chi connectivity index (χ0) is 11.3. The van der Waals surface area contributed by atoms with Crippen molar-refractivity contribution in [1.82, 2.24) is 4.98 Å². The zero-order valence-electron chi connectivity index (χ0n) is 8.69. The van der Waals surface area contributed by atoms with E-state index in [1.54, 1.807) is 12.5 Å². The highest BCUT2D eigenvalue weighted by Crippen LogP contribution is 2.15. The first-order valence-electron chi connectivity index (χ1n) is 4.54. The Morgan fingerprint density at radius 1 is 1.80 bits per heavy atom. The van der Waals surface area contributed by atoms with Gasteiger partial charge in [0.2, 0.25) is 0 Å². The van der Waals surface area contributed by atoms with Gasteiger partial charge < -0.3 is 15.2 Å². The molecule has 0 saturated carbocycles. The average Bonchev–Trinajstić information content (AvgIpc) is 2.61. The van der Waals surface area contributed by atoms with Crippen LogP contribution in [0.15, 0.2) is 5.38 Å². The maximum absolute atomic E-state index is 10.4. The predicted molar refractivity (Wildman–Crippen MR) is 58.4 cm³/mol. The zero-order valence-corrected chi connectivity index (χ0v) is 9.50. The summed E-state index contributed by atoms with van der Waals surface area (Å²) in [4.78, 5) is 14.5. The Hall–Kier alpha value is -1.14. The standard InChI is InChI=1S/C9H14N2O3S/c1-6(14-2)4-10-9-11-7(5-15-9)3-8(12)13/h5-6H,3-4H2,1-2H3,(H,10,11)(H,12,13). The Morgan fingerprint density at radius 3 is 3.13 bits per heavy atom. The van der Waals surface area contributed by atoms with Crippen molar-refractivity contribution in [1.29, 1.82) is 0 Å². The predicted octanol–water partition coefficient (Wildman–Crippen LogP) is 1.22. The number of hydrogen-bond acceptors (Lipinski definition) is 5. The molecule has 2 N–H and O–H groups in total. The second kappa shape index (κ2) is 5.67. The van der Waals surface area contributed by atoms with Crippen molar-refractivity contribution < 1.29 is 14.6 Å². The fraction of sp³-hybridized carbons (Fsp3) is 0.556. The fourth-order valence-electron chi connectivity index (χ4n) is 0.939. The number of methoxy groups -OCH3 is 1. The molecule has 0 spiro atoms. The number of carboxylic acid groups (broad SMARTS) is 1. The number of thiazole rings is 1. The third-order valence-corrected chi connectivity index (χ3v) is 2.68. The van der Waals surface area contributed by atoms with Crippen LogP contribution < -0.4 is 5.32 Å². The lowest BCUT2D eigenvalue weighted by Crippen LogP contribution is -2.17. The molecule has 0 aliphatic rings. The second-order valence-corrected chi connectivity index (χ2v) is 4.00. The first-order chi connectivity index (χ1) is 7.11. The van der Waals surface area contributed by atoms with Crippen LogP contribution in [0.1, 0.15) is 12.6 Å². The van der Waals surface area contributed by atoms with Crippen LogP contribution in [-0.4, -0.2) is 35.8 Å². The summed E-state index contributed by atoms with van der Waals surface area (Å²) in [5, 5.41) is 14.1. The van der Waals surface area contributed by atoms with Gasteiger partial charge in [0.1, 0.15) is 0 Å². The summed E-state index contributed by atoms with van der Waals surface area (Å²) < 4.78 is 5.06. The Bertz CT molecular complexity index is 327. The molecule has 0 aromatic carbocycles. The fourth-order valence-corrected chi connectivity index (χ4v) is 1.66. The molecule has 1 heterocycles. The lowest BCUT2D eigenvalue weighted by molar-refractivity contribution is -0.136. The van der Waals surface area contributed by atoms with E-state index < -0.39 is 5.97 Å². The van der Waals surface area contributed by atoms with Crippen molar-refractivity contribution in [3.8, 4) is 0 Å². The normalized spacial score (nSPS) is 12.4. The number of rotatable bonds is 6. The van der Waals surface area contributed by atoms with Crippen LogP contribution in [-0.2, 0) is 16.0 Å². The van der Waals surface area contributed by atoms with Gasteiger partial charge in [0.05, 0.1) is 18.2 Å². The lowest BCUT2D eigenvalue weighted by Gasteiger charge is -2.08. The van der Waals surface area contributed by atoms with Gasteiger partial charge in [-0.15, -0.1) is 11.3 Å². The first kappa shape index (κ1) is 11.9. The van der Waals surface area contributed by atoms with Crippen molar-refractivity contribution in [2.24, 2.45) is 0 Å². The summed E-state index contributed by atoms with van der Waals surface area (Å²) in [6, 6.07) is 0. The molecule has 0 radical (unpaired) electrons. The average molecular weight is 230 g/mol. The van der Waals surface area contributed by atoms with Crippen molar-refractivity contribution >= 4 is 22.4 Å². The molecule has 1 rings (SSSR count). The Balaban J connectivity index is 2.42. The number of hydrogen-bond donors (Lipinski definition) is 2. The van der Waals surface area contributed by atoms with Gasteiger partial charge in [-0.05, 0) is 6.92 Å². The van der Waals surface area contributed by atoms with Crippen LogP contribution in [0.2, 0.25) is 0 Å². The van der Waals surface area contributed by atoms with E-state index in [0.717, 1.165) is 5.13 Å². The highest BCUT2D eigenvalue weighted by Gasteiger charge is 2.06. The number of ether oxygens (including phenoxy) is 1. The number of nitrogens with one attached hydrogen (secondary N) is 1. The van der Waals surface area contributed by atoms with Gasteiger partial charge in [0, 0.05) is 19.0 Å². The van der Waals surface area contributed by atoms with Crippen molar-refractivity contribution in [3.63, 3.8) is 0 Å². The quantitative estimate of drug-likeness (QED) is 0.768. The molecule has 1 atom stereocenters. The molecule has 0 amide bonds. The van der Waals surface area contributed by atoms with Crippen LogP contribution in [0.4, 0.5) is 5.13 Å². The third-order valence-electron chi connectivity index (χ3n) is 1.83. The topological polar surface area (TPSA) is 71.5 Å². The van der Waals surface area contributed by atoms with Gasteiger partial charge in [-0.1, -0.05) is 0 Å². The molecule has 84 valence electrons. The van der Waals surface area contributed by atoms with Gasteiger partial charge in [-0.2, -0.15) is 0 Å². The molecule has 0 aliphatic carbocycles. The molecule has 6 heteroatoms. The number of nitrogens with zero attached hydrogens (tertiary/aromatic N) is 1. The minimum atomic E-state index is -0.864. The minimum absolute atomic E-state index is 0.0298. The highest BCUT2D eigenvalue weighted by atomic mass is 32.1. The SMILES string of the molecule is COC(C)CNc1nc(CC(=O)O)cs1. The molecular formula is C9H14N2O3S. The number of carboxylic acids is 1. The molecule has 1 unspecified atom stereocenters. The van der Waals surface area contributed by atoms with Crippen molar-refractivity contribution in [3.05, 3.63) is 11.1 Å².